The van der Waals surface area contributed by atoms with Gasteiger partial charge in [-0.05, 0) is 23.6 Å². The Labute approximate surface area is 168 Å². The van der Waals surface area contributed by atoms with E-state index in [0.717, 1.165) is 0 Å². The van der Waals surface area contributed by atoms with Gasteiger partial charge < -0.3 is 15.2 Å². The molecule has 0 aliphatic carbocycles. The van der Waals surface area contributed by atoms with E-state index in [-0.39, 0.29) is 12.0 Å². The average molecular weight is 376 g/mol. The van der Waals surface area contributed by atoms with E-state index < -0.39 is 6.10 Å². The van der Waals surface area contributed by atoms with Gasteiger partial charge in [0.1, 0.15) is 0 Å². The maximum atomic E-state index is 10.3. The van der Waals surface area contributed by atoms with Crippen molar-refractivity contribution in [3.8, 4) is 0 Å². The van der Waals surface area contributed by atoms with E-state index in [2.05, 4.69) is 72.9 Å². The largest absolute Gasteiger partial charge is 0.389 e. The summed E-state index contributed by atoms with van der Waals surface area (Å²) in [6.45, 7) is 3.45. The first-order chi connectivity index (χ1) is 13.7. The predicted octanol–water partition coefficient (Wildman–Crippen LogP) is 4.55. The molecule has 0 spiro atoms. The molecule has 3 aromatic rings. The van der Waals surface area contributed by atoms with Gasteiger partial charge >= 0.3 is 0 Å². The van der Waals surface area contributed by atoms with Crippen LogP contribution < -0.4 is 5.32 Å². The van der Waals surface area contributed by atoms with E-state index >= 15 is 0 Å². The Kier molecular flexibility index (Phi) is 7.80. The molecule has 28 heavy (non-hydrogen) atoms. The third kappa shape index (κ3) is 6.03. The first kappa shape index (κ1) is 20.3. The Bertz CT molecular complexity index is 753. The molecule has 0 unspecified atom stereocenters. The summed E-state index contributed by atoms with van der Waals surface area (Å²) in [6, 6.07) is 31.2. The van der Waals surface area contributed by atoms with Gasteiger partial charge in [0.05, 0.1) is 19.3 Å². The standard InChI is InChI=1S/C25H29NO2/c1-20(21-11-5-2-6-12-21)26-17-24(27)18-28-19-25(22-13-7-3-8-14-22)23-15-9-4-10-16-23/h2-16,20,24-27H,17-19H2,1H3/t20-,24-/m0/s1. The van der Waals surface area contributed by atoms with Crippen molar-refractivity contribution in [2.45, 2.75) is 25.0 Å². The highest BCUT2D eigenvalue weighted by molar-refractivity contribution is 5.32. The topological polar surface area (TPSA) is 41.5 Å². The van der Waals surface area contributed by atoms with E-state index in [1.807, 2.05) is 30.3 Å². The number of hydrogen-bond acceptors (Lipinski definition) is 3. The molecular weight excluding hydrogens is 346 g/mol. The lowest BCUT2D eigenvalue weighted by molar-refractivity contribution is 0.0330. The number of hydrogen-bond donors (Lipinski definition) is 2. The molecule has 146 valence electrons. The van der Waals surface area contributed by atoms with Gasteiger partial charge in [-0.3, -0.25) is 0 Å². The lowest BCUT2D eigenvalue weighted by Crippen LogP contribution is -2.32. The number of rotatable bonds is 10. The molecule has 0 radical (unpaired) electrons. The Balaban J connectivity index is 1.50. The highest BCUT2D eigenvalue weighted by Gasteiger charge is 2.15. The molecule has 0 heterocycles. The summed E-state index contributed by atoms with van der Waals surface area (Å²) in [4.78, 5) is 0. The molecular formula is C25H29NO2. The normalized spacial score (nSPS) is 13.4. The summed E-state index contributed by atoms with van der Waals surface area (Å²) < 4.78 is 5.91. The number of benzene rings is 3. The van der Waals surface area contributed by atoms with Crippen LogP contribution in [0.3, 0.4) is 0 Å². The summed E-state index contributed by atoms with van der Waals surface area (Å²) in [5.41, 5.74) is 3.65. The highest BCUT2D eigenvalue weighted by Crippen LogP contribution is 2.24. The van der Waals surface area contributed by atoms with Gasteiger partial charge in [0.25, 0.3) is 0 Å². The van der Waals surface area contributed by atoms with Crippen LogP contribution in [0.2, 0.25) is 0 Å². The first-order valence-electron chi connectivity index (χ1n) is 9.88. The molecule has 3 rings (SSSR count). The highest BCUT2D eigenvalue weighted by atomic mass is 16.5. The van der Waals surface area contributed by atoms with Crippen molar-refractivity contribution in [3.05, 3.63) is 108 Å². The van der Waals surface area contributed by atoms with Crippen molar-refractivity contribution in [3.63, 3.8) is 0 Å². The molecule has 2 atom stereocenters. The van der Waals surface area contributed by atoms with Crippen molar-refractivity contribution >= 4 is 0 Å². The van der Waals surface area contributed by atoms with E-state index in [9.17, 15) is 5.11 Å². The number of aliphatic hydroxyl groups is 1. The van der Waals surface area contributed by atoms with Crippen LogP contribution >= 0.6 is 0 Å². The Hall–Kier alpha value is -2.46. The zero-order chi connectivity index (χ0) is 19.6. The molecule has 0 aliphatic rings. The Morgan fingerprint density at radius 1 is 0.714 bits per heavy atom. The smallest absolute Gasteiger partial charge is 0.0897 e. The first-order valence-corrected chi connectivity index (χ1v) is 9.88. The van der Waals surface area contributed by atoms with Crippen LogP contribution in [0.1, 0.15) is 35.6 Å². The molecule has 0 aliphatic heterocycles. The lowest BCUT2D eigenvalue weighted by atomic mass is 9.92. The summed E-state index contributed by atoms with van der Waals surface area (Å²) in [5.74, 6) is 0.158. The van der Waals surface area contributed by atoms with Gasteiger partial charge in [0, 0.05) is 18.5 Å². The van der Waals surface area contributed by atoms with Crippen LogP contribution in [-0.4, -0.2) is 31.0 Å². The number of nitrogens with one attached hydrogen (secondary N) is 1. The SMILES string of the molecule is C[C@H](NC[C@H](O)COCC(c1ccccc1)c1ccccc1)c1ccccc1. The third-order valence-corrected chi connectivity index (χ3v) is 4.96. The second kappa shape index (κ2) is 10.8. The second-order valence-electron chi connectivity index (χ2n) is 7.11. The van der Waals surface area contributed by atoms with E-state index in [1.165, 1.54) is 16.7 Å². The van der Waals surface area contributed by atoms with E-state index in [1.54, 1.807) is 0 Å². The van der Waals surface area contributed by atoms with Gasteiger partial charge in [-0.1, -0.05) is 91.0 Å². The van der Waals surface area contributed by atoms with Crippen LogP contribution in [0.25, 0.3) is 0 Å². The zero-order valence-corrected chi connectivity index (χ0v) is 16.4. The van der Waals surface area contributed by atoms with Crippen LogP contribution in [0.4, 0.5) is 0 Å². The summed E-state index contributed by atoms with van der Waals surface area (Å²) in [7, 11) is 0. The molecule has 0 aromatic heterocycles. The second-order valence-corrected chi connectivity index (χ2v) is 7.11. The predicted molar refractivity (Wildman–Crippen MR) is 114 cm³/mol. The van der Waals surface area contributed by atoms with Crippen molar-refractivity contribution in [1.29, 1.82) is 0 Å². The fourth-order valence-electron chi connectivity index (χ4n) is 3.31. The summed E-state index contributed by atoms with van der Waals surface area (Å²) in [5, 5.41) is 13.7. The van der Waals surface area contributed by atoms with Gasteiger partial charge in [-0.25, -0.2) is 0 Å². The molecule has 0 bridgehead atoms. The molecule has 3 nitrogen and oxygen atoms in total. The van der Waals surface area contributed by atoms with Crippen LogP contribution in [-0.2, 0) is 4.74 Å². The number of aliphatic hydroxyl groups excluding tert-OH is 1. The van der Waals surface area contributed by atoms with Gasteiger partial charge in [-0.15, -0.1) is 0 Å². The molecule has 0 saturated carbocycles. The molecule has 0 saturated heterocycles. The van der Waals surface area contributed by atoms with Gasteiger partial charge in [0.15, 0.2) is 0 Å². The zero-order valence-electron chi connectivity index (χ0n) is 16.4. The van der Waals surface area contributed by atoms with Crippen LogP contribution in [0.15, 0.2) is 91.0 Å². The van der Waals surface area contributed by atoms with Crippen LogP contribution in [0, 0.1) is 0 Å². The van der Waals surface area contributed by atoms with Crippen molar-refractivity contribution in [2.24, 2.45) is 0 Å². The Morgan fingerprint density at radius 3 is 1.68 bits per heavy atom. The fraction of sp³-hybridized carbons (Fsp3) is 0.280. The molecule has 0 amide bonds. The molecule has 2 N–H and O–H groups in total. The van der Waals surface area contributed by atoms with Crippen molar-refractivity contribution < 1.29 is 9.84 Å². The van der Waals surface area contributed by atoms with Crippen molar-refractivity contribution in [1.82, 2.24) is 5.32 Å². The quantitative estimate of drug-likeness (QED) is 0.546. The monoisotopic (exact) mass is 375 g/mol. The van der Waals surface area contributed by atoms with E-state index in [0.29, 0.717) is 19.8 Å². The molecule has 3 aromatic carbocycles. The van der Waals surface area contributed by atoms with Crippen LogP contribution in [0.5, 0.6) is 0 Å². The fourth-order valence-corrected chi connectivity index (χ4v) is 3.31. The minimum absolute atomic E-state index is 0.158. The minimum Gasteiger partial charge on any atom is -0.389 e. The maximum Gasteiger partial charge on any atom is 0.0897 e. The summed E-state index contributed by atoms with van der Waals surface area (Å²) in [6.07, 6.45) is -0.543. The van der Waals surface area contributed by atoms with Crippen molar-refractivity contribution in [2.75, 3.05) is 19.8 Å². The molecule has 3 heteroatoms. The lowest BCUT2D eigenvalue weighted by Gasteiger charge is -2.21. The third-order valence-electron chi connectivity index (χ3n) is 4.96. The number of ether oxygens (including phenoxy) is 1. The summed E-state index contributed by atoms with van der Waals surface area (Å²) >= 11 is 0. The molecule has 0 fully saturated rings. The van der Waals surface area contributed by atoms with E-state index in [4.69, 9.17) is 4.74 Å². The van der Waals surface area contributed by atoms with Gasteiger partial charge in [0.2, 0.25) is 0 Å². The average Bonchev–Trinajstić information content (AvgIpc) is 2.77. The maximum absolute atomic E-state index is 10.3. The minimum atomic E-state index is -0.543. The Morgan fingerprint density at radius 2 is 1.18 bits per heavy atom. The van der Waals surface area contributed by atoms with Gasteiger partial charge in [-0.2, -0.15) is 0 Å².